The van der Waals surface area contributed by atoms with E-state index >= 15 is 0 Å². The van der Waals surface area contributed by atoms with Crippen LogP contribution in [0.2, 0.25) is 0 Å². The number of para-hydroxylation sites is 1. The first-order valence-corrected chi connectivity index (χ1v) is 12.1. The minimum Gasteiger partial charge on any atom is -0.340 e. The fourth-order valence-electron chi connectivity index (χ4n) is 5.55. The molecule has 4 heteroatoms. The van der Waals surface area contributed by atoms with Crippen molar-refractivity contribution in [2.24, 2.45) is 10.9 Å². The number of guanidine groups is 1. The lowest BCUT2D eigenvalue weighted by Gasteiger charge is -2.41. The summed E-state index contributed by atoms with van der Waals surface area (Å²) in [5, 5.41) is 0. The van der Waals surface area contributed by atoms with Gasteiger partial charge in [-0.15, -0.1) is 0 Å². The lowest BCUT2D eigenvalue weighted by atomic mass is 9.76. The van der Waals surface area contributed by atoms with Gasteiger partial charge in [0, 0.05) is 31.9 Å². The quantitative estimate of drug-likeness (QED) is 0.695. The van der Waals surface area contributed by atoms with Gasteiger partial charge in [0.2, 0.25) is 5.96 Å². The molecular weight excluding hydrogens is 380 g/mol. The monoisotopic (exact) mass is 416 g/mol. The second kappa shape index (κ2) is 9.04. The first-order chi connectivity index (χ1) is 15.2. The van der Waals surface area contributed by atoms with Gasteiger partial charge in [-0.2, -0.15) is 0 Å². The summed E-state index contributed by atoms with van der Waals surface area (Å²) >= 11 is 0. The van der Waals surface area contributed by atoms with Gasteiger partial charge in [-0.3, -0.25) is 0 Å². The molecule has 4 nitrogen and oxygen atoms in total. The van der Waals surface area contributed by atoms with Crippen LogP contribution in [0.25, 0.3) is 0 Å². The van der Waals surface area contributed by atoms with Crippen molar-refractivity contribution in [3.63, 3.8) is 0 Å². The van der Waals surface area contributed by atoms with Gasteiger partial charge < -0.3 is 14.7 Å². The molecule has 2 fully saturated rings. The highest BCUT2D eigenvalue weighted by molar-refractivity contribution is 5.98. The molecule has 0 spiro atoms. The number of anilines is 1. The highest BCUT2D eigenvalue weighted by atomic mass is 15.4. The van der Waals surface area contributed by atoms with Crippen molar-refractivity contribution in [2.45, 2.75) is 51.6 Å². The maximum Gasteiger partial charge on any atom is 0.201 e. The van der Waals surface area contributed by atoms with Crippen molar-refractivity contribution < 1.29 is 0 Å². The van der Waals surface area contributed by atoms with Gasteiger partial charge in [0.15, 0.2) is 0 Å². The number of hydrogen-bond donors (Lipinski definition) is 0. The predicted molar refractivity (Wildman–Crippen MR) is 130 cm³/mol. The fourth-order valence-corrected chi connectivity index (χ4v) is 5.55. The third kappa shape index (κ3) is 4.36. The predicted octanol–water partition coefficient (Wildman–Crippen LogP) is 5.10. The summed E-state index contributed by atoms with van der Waals surface area (Å²) in [6.07, 6.45) is 5.51. The van der Waals surface area contributed by atoms with Crippen LogP contribution < -0.4 is 4.90 Å². The number of benzene rings is 2. The Kier molecular flexibility index (Phi) is 5.99. The van der Waals surface area contributed by atoms with Gasteiger partial charge in [0.25, 0.3) is 0 Å². The van der Waals surface area contributed by atoms with Crippen molar-refractivity contribution in [1.29, 1.82) is 0 Å². The van der Waals surface area contributed by atoms with Crippen molar-refractivity contribution in [3.05, 3.63) is 65.2 Å². The van der Waals surface area contributed by atoms with Crippen LogP contribution in [0, 0.1) is 5.92 Å². The second-order valence-corrected chi connectivity index (χ2v) is 9.73. The van der Waals surface area contributed by atoms with E-state index in [1.54, 1.807) is 0 Å². The van der Waals surface area contributed by atoms with Crippen LogP contribution in [0.15, 0.2) is 53.5 Å². The van der Waals surface area contributed by atoms with Crippen molar-refractivity contribution in [3.8, 4) is 0 Å². The Morgan fingerprint density at radius 2 is 1.65 bits per heavy atom. The smallest absolute Gasteiger partial charge is 0.201 e. The summed E-state index contributed by atoms with van der Waals surface area (Å²) in [7, 11) is 2.21. The van der Waals surface area contributed by atoms with Gasteiger partial charge in [0.05, 0.1) is 13.1 Å². The van der Waals surface area contributed by atoms with E-state index in [0.717, 1.165) is 57.1 Å². The number of hydrogen-bond acceptors (Lipinski definition) is 4. The molecule has 1 aliphatic carbocycles. The molecule has 2 heterocycles. The molecule has 2 aliphatic heterocycles. The Bertz CT molecular complexity index is 911. The highest BCUT2D eigenvalue weighted by Gasteiger charge is 2.28. The minimum atomic E-state index is 0.737. The zero-order chi connectivity index (χ0) is 21.2. The van der Waals surface area contributed by atoms with Crippen LogP contribution in [0.5, 0.6) is 0 Å². The Labute approximate surface area is 187 Å². The second-order valence-electron chi connectivity index (χ2n) is 9.73. The zero-order valence-corrected chi connectivity index (χ0v) is 19.1. The molecule has 0 radical (unpaired) electrons. The third-order valence-electron chi connectivity index (χ3n) is 7.56. The molecule has 3 aliphatic rings. The molecule has 0 amide bonds. The maximum atomic E-state index is 5.05. The summed E-state index contributed by atoms with van der Waals surface area (Å²) in [6.45, 7) is 8.39. The molecule has 2 atom stereocenters. The first-order valence-electron chi connectivity index (χ1n) is 12.1. The lowest BCUT2D eigenvalue weighted by molar-refractivity contribution is 0.212. The van der Waals surface area contributed by atoms with E-state index in [4.69, 9.17) is 4.99 Å². The average Bonchev–Trinajstić information content (AvgIpc) is 2.81. The summed E-state index contributed by atoms with van der Waals surface area (Å²) in [4.78, 5) is 12.4. The van der Waals surface area contributed by atoms with Gasteiger partial charge in [-0.1, -0.05) is 68.7 Å². The Balaban J connectivity index is 1.38. The molecule has 5 rings (SSSR count). The molecule has 1 unspecified atom stereocenters. The highest BCUT2D eigenvalue weighted by Crippen LogP contribution is 2.37. The molecule has 1 saturated carbocycles. The molecule has 164 valence electrons. The van der Waals surface area contributed by atoms with Crippen LogP contribution in [0.4, 0.5) is 5.69 Å². The largest absolute Gasteiger partial charge is 0.340 e. The number of rotatable bonds is 3. The van der Waals surface area contributed by atoms with E-state index < -0.39 is 0 Å². The van der Waals surface area contributed by atoms with E-state index in [9.17, 15) is 0 Å². The summed E-state index contributed by atoms with van der Waals surface area (Å²) in [5.74, 6) is 2.70. The van der Waals surface area contributed by atoms with E-state index in [0.29, 0.717) is 0 Å². The standard InChI is InChI=1S/C27H36N4/c1-21-7-3-5-9-25(21)23-13-11-22(12-14-23)20-31-26-10-6-4-8-24(26)19-28-27(31)30-17-15-29(2)16-18-30/h4,6,8,10-14,21,25H,3,5,7,9,15-20H2,1-2H3/t21-,25?/m1/s1. The van der Waals surface area contributed by atoms with E-state index in [1.807, 2.05) is 0 Å². The van der Waals surface area contributed by atoms with Gasteiger partial charge in [-0.25, -0.2) is 4.99 Å². The molecule has 31 heavy (non-hydrogen) atoms. The molecule has 0 bridgehead atoms. The van der Waals surface area contributed by atoms with Crippen LogP contribution >= 0.6 is 0 Å². The van der Waals surface area contributed by atoms with Crippen molar-refractivity contribution in [1.82, 2.24) is 9.80 Å². The lowest BCUT2D eigenvalue weighted by Crippen LogP contribution is -2.53. The van der Waals surface area contributed by atoms with Gasteiger partial charge in [-0.05, 0) is 48.1 Å². The Hall–Kier alpha value is -2.33. The van der Waals surface area contributed by atoms with Gasteiger partial charge in [0.1, 0.15) is 0 Å². The van der Waals surface area contributed by atoms with E-state index in [2.05, 4.69) is 77.2 Å². The van der Waals surface area contributed by atoms with Crippen LogP contribution in [0.1, 0.15) is 55.2 Å². The topological polar surface area (TPSA) is 22.1 Å². The Morgan fingerprint density at radius 3 is 2.42 bits per heavy atom. The summed E-state index contributed by atoms with van der Waals surface area (Å²) < 4.78 is 0. The van der Waals surface area contributed by atoms with Gasteiger partial charge >= 0.3 is 0 Å². The minimum absolute atomic E-state index is 0.737. The fraction of sp³-hybridized carbons (Fsp3) is 0.519. The van der Waals surface area contributed by atoms with Crippen molar-refractivity contribution >= 4 is 11.6 Å². The van der Waals surface area contributed by atoms with Crippen molar-refractivity contribution in [2.75, 3.05) is 38.1 Å². The third-order valence-corrected chi connectivity index (χ3v) is 7.56. The molecule has 0 N–H and O–H groups in total. The average molecular weight is 417 g/mol. The molecular formula is C27H36N4. The number of fused-ring (bicyclic) bond motifs is 1. The number of likely N-dealkylation sites (N-methyl/N-ethyl adjacent to an activating group) is 1. The number of aliphatic imine (C=N–C) groups is 1. The maximum absolute atomic E-state index is 5.05. The van der Waals surface area contributed by atoms with E-state index in [1.165, 1.54) is 48.1 Å². The van der Waals surface area contributed by atoms with Crippen LogP contribution in [-0.2, 0) is 13.1 Å². The molecule has 2 aromatic carbocycles. The first kappa shape index (κ1) is 20.6. The summed E-state index contributed by atoms with van der Waals surface area (Å²) in [6, 6.07) is 18.3. The molecule has 2 aromatic rings. The number of nitrogens with zero attached hydrogens (tertiary/aromatic N) is 4. The Morgan fingerprint density at radius 1 is 0.903 bits per heavy atom. The SMILES string of the molecule is C[C@@H]1CCCCC1c1ccc(CN2C(N3CCN(C)CC3)=NCc3ccccc32)cc1. The molecule has 1 saturated heterocycles. The zero-order valence-electron chi connectivity index (χ0n) is 19.1. The number of piperazine rings is 1. The molecule has 0 aromatic heterocycles. The normalized spacial score (nSPS) is 24.6. The van der Waals surface area contributed by atoms with Crippen LogP contribution in [0.3, 0.4) is 0 Å². The van der Waals surface area contributed by atoms with E-state index in [-0.39, 0.29) is 0 Å². The summed E-state index contributed by atoms with van der Waals surface area (Å²) in [5.41, 5.74) is 5.54. The van der Waals surface area contributed by atoms with Crippen LogP contribution in [-0.4, -0.2) is 49.0 Å².